The van der Waals surface area contributed by atoms with Gasteiger partial charge in [0.15, 0.2) is 0 Å². The molecule has 0 aromatic heterocycles. The van der Waals surface area contributed by atoms with Gasteiger partial charge in [0.1, 0.15) is 12.4 Å². The summed E-state index contributed by atoms with van der Waals surface area (Å²) in [5.41, 5.74) is 1.87. The maximum absolute atomic E-state index is 12.6. The van der Waals surface area contributed by atoms with E-state index < -0.39 is 10.0 Å². The van der Waals surface area contributed by atoms with Crippen LogP contribution in [0.5, 0.6) is 5.75 Å². The first kappa shape index (κ1) is 18.6. The van der Waals surface area contributed by atoms with Crippen LogP contribution in [0.4, 0.5) is 5.69 Å². The van der Waals surface area contributed by atoms with E-state index in [1.165, 1.54) is 6.07 Å². The van der Waals surface area contributed by atoms with Crippen LogP contribution in [0.25, 0.3) is 0 Å². The SMILES string of the molecule is COCCOc1ccc(S(=O)(=O)Nc2cccc(Cl)c2C)cc1C. The Morgan fingerprint density at radius 2 is 1.88 bits per heavy atom. The number of ether oxygens (including phenoxy) is 2. The predicted molar refractivity (Wildman–Crippen MR) is 95.5 cm³/mol. The lowest BCUT2D eigenvalue weighted by Gasteiger charge is -2.13. The van der Waals surface area contributed by atoms with Crippen molar-refractivity contribution in [2.75, 3.05) is 25.0 Å². The molecule has 2 aromatic carbocycles. The van der Waals surface area contributed by atoms with E-state index in [-0.39, 0.29) is 4.90 Å². The number of sulfonamides is 1. The summed E-state index contributed by atoms with van der Waals surface area (Å²) in [5, 5.41) is 0.508. The third-order valence-corrected chi connectivity index (χ3v) is 5.29. The van der Waals surface area contributed by atoms with E-state index in [1.54, 1.807) is 51.3 Å². The van der Waals surface area contributed by atoms with Crippen LogP contribution < -0.4 is 9.46 Å². The van der Waals surface area contributed by atoms with Crippen LogP contribution in [-0.2, 0) is 14.8 Å². The zero-order valence-electron chi connectivity index (χ0n) is 13.8. The van der Waals surface area contributed by atoms with E-state index in [1.807, 2.05) is 0 Å². The molecule has 0 unspecified atom stereocenters. The van der Waals surface area contributed by atoms with Gasteiger partial charge in [-0.3, -0.25) is 4.72 Å². The molecule has 5 nitrogen and oxygen atoms in total. The third kappa shape index (κ3) is 4.41. The Balaban J connectivity index is 2.23. The Labute approximate surface area is 147 Å². The van der Waals surface area contributed by atoms with E-state index in [0.29, 0.717) is 35.2 Å². The minimum atomic E-state index is -3.71. The summed E-state index contributed by atoms with van der Waals surface area (Å²) < 4.78 is 38.2. The normalized spacial score (nSPS) is 11.3. The molecule has 1 N–H and O–H groups in total. The molecule has 24 heavy (non-hydrogen) atoms. The molecule has 0 atom stereocenters. The average molecular weight is 370 g/mol. The summed E-state index contributed by atoms with van der Waals surface area (Å²) >= 11 is 6.03. The molecule has 2 rings (SSSR count). The lowest BCUT2D eigenvalue weighted by atomic mass is 10.2. The first-order valence-electron chi connectivity index (χ1n) is 7.35. The largest absolute Gasteiger partial charge is 0.491 e. The quantitative estimate of drug-likeness (QED) is 0.754. The molecule has 0 radical (unpaired) electrons. The molecule has 7 heteroatoms. The number of hydrogen-bond donors (Lipinski definition) is 1. The average Bonchev–Trinajstić information content (AvgIpc) is 2.53. The molecule has 0 heterocycles. The van der Waals surface area contributed by atoms with Gasteiger partial charge in [-0.25, -0.2) is 8.42 Å². The first-order valence-corrected chi connectivity index (χ1v) is 9.21. The van der Waals surface area contributed by atoms with Crippen molar-refractivity contribution in [3.8, 4) is 5.75 Å². The molecule has 0 fully saturated rings. The van der Waals surface area contributed by atoms with Crippen LogP contribution >= 0.6 is 11.6 Å². The van der Waals surface area contributed by atoms with Crippen LogP contribution in [0.3, 0.4) is 0 Å². The summed E-state index contributed by atoms with van der Waals surface area (Å²) in [7, 11) is -2.11. The number of nitrogens with one attached hydrogen (secondary N) is 1. The number of rotatable bonds is 7. The number of hydrogen-bond acceptors (Lipinski definition) is 4. The van der Waals surface area contributed by atoms with Gasteiger partial charge >= 0.3 is 0 Å². The van der Waals surface area contributed by atoms with Gasteiger partial charge in [0, 0.05) is 12.1 Å². The highest BCUT2D eigenvalue weighted by Gasteiger charge is 2.17. The summed E-state index contributed by atoms with van der Waals surface area (Å²) in [6.07, 6.45) is 0. The van der Waals surface area contributed by atoms with Crippen LogP contribution in [0.15, 0.2) is 41.3 Å². The second kappa shape index (κ2) is 7.88. The summed E-state index contributed by atoms with van der Waals surface area (Å²) in [5.74, 6) is 0.630. The molecule has 0 bridgehead atoms. The minimum absolute atomic E-state index is 0.165. The fraction of sp³-hybridized carbons (Fsp3) is 0.294. The molecule has 0 amide bonds. The molecule has 0 aliphatic heterocycles. The number of aryl methyl sites for hydroxylation is 1. The third-order valence-electron chi connectivity index (χ3n) is 3.51. The summed E-state index contributed by atoms with van der Waals surface area (Å²) in [6, 6.07) is 9.82. The number of methoxy groups -OCH3 is 1. The first-order chi connectivity index (χ1) is 11.3. The lowest BCUT2D eigenvalue weighted by Crippen LogP contribution is -2.14. The monoisotopic (exact) mass is 369 g/mol. The van der Waals surface area contributed by atoms with Crippen molar-refractivity contribution in [1.29, 1.82) is 0 Å². The molecule has 0 aliphatic rings. The number of anilines is 1. The number of halogens is 1. The van der Waals surface area contributed by atoms with Crippen LogP contribution in [-0.4, -0.2) is 28.7 Å². The van der Waals surface area contributed by atoms with Crippen LogP contribution in [0.2, 0.25) is 5.02 Å². The second-order valence-corrected chi connectivity index (χ2v) is 7.38. The highest BCUT2D eigenvalue weighted by atomic mass is 35.5. The predicted octanol–water partition coefficient (Wildman–Crippen LogP) is 3.78. The van der Waals surface area contributed by atoms with Crippen molar-refractivity contribution >= 4 is 27.3 Å². The highest BCUT2D eigenvalue weighted by Crippen LogP contribution is 2.27. The van der Waals surface area contributed by atoms with Crippen LogP contribution in [0.1, 0.15) is 11.1 Å². The van der Waals surface area contributed by atoms with Crippen molar-refractivity contribution in [2.45, 2.75) is 18.7 Å². The van der Waals surface area contributed by atoms with Gasteiger partial charge in [0.25, 0.3) is 10.0 Å². The van der Waals surface area contributed by atoms with Crippen molar-refractivity contribution in [3.05, 3.63) is 52.5 Å². The van der Waals surface area contributed by atoms with Gasteiger partial charge in [0.2, 0.25) is 0 Å². The summed E-state index contributed by atoms with van der Waals surface area (Å²) in [6.45, 7) is 4.43. The molecular formula is C17H20ClNO4S. The summed E-state index contributed by atoms with van der Waals surface area (Å²) in [4.78, 5) is 0.165. The molecule has 0 saturated heterocycles. The fourth-order valence-electron chi connectivity index (χ4n) is 2.11. The van der Waals surface area contributed by atoms with E-state index in [0.717, 1.165) is 5.56 Å². The standard InChI is InChI=1S/C17H20ClNO4S/c1-12-11-14(7-8-17(12)23-10-9-22-3)24(20,21)19-16-6-4-5-15(18)13(16)2/h4-8,11,19H,9-10H2,1-3H3. The fourth-order valence-corrected chi connectivity index (χ4v) is 3.49. The molecule has 0 saturated carbocycles. The maximum atomic E-state index is 12.6. The Morgan fingerprint density at radius 3 is 2.54 bits per heavy atom. The maximum Gasteiger partial charge on any atom is 0.261 e. The molecule has 0 aliphatic carbocycles. The molecule has 2 aromatic rings. The zero-order chi connectivity index (χ0) is 17.7. The van der Waals surface area contributed by atoms with Gasteiger partial charge in [-0.15, -0.1) is 0 Å². The second-order valence-electron chi connectivity index (χ2n) is 5.29. The van der Waals surface area contributed by atoms with E-state index in [2.05, 4.69) is 4.72 Å². The van der Waals surface area contributed by atoms with Crippen molar-refractivity contribution in [2.24, 2.45) is 0 Å². The Hall–Kier alpha value is -1.76. The van der Waals surface area contributed by atoms with Gasteiger partial charge in [-0.2, -0.15) is 0 Å². The van der Waals surface area contributed by atoms with Gasteiger partial charge in [0.05, 0.1) is 17.2 Å². The van der Waals surface area contributed by atoms with Gasteiger partial charge < -0.3 is 9.47 Å². The smallest absolute Gasteiger partial charge is 0.261 e. The Kier molecular flexibility index (Phi) is 6.10. The molecular weight excluding hydrogens is 350 g/mol. The Morgan fingerprint density at radius 1 is 1.12 bits per heavy atom. The Bertz CT molecular complexity index is 821. The van der Waals surface area contributed by atoms with Crippen molar-refractivity contribution in [1.82, 2.24) is 0 Å². The van der Waals surface area contributed by atoms with E-state index in [4.69, 9.17) is 21.1 Å². The van der Waals surface area contributed by atoms with Crippen LogP contribution in [0, 0.1) is 13.8 Å². The minimum Gasteiger partial charge on any atom is -0.491 e. The van der Waals surface area contributed by atoms with Crippen molar-refractivity contribution < 1.29 is 17.9 Å². The van der Waals surface area contributed by atoms with E-state index >= 15 is 0 Å². The highest BCUT2D eigenvalue weighted by molar-refractivity contribution is 7.92. The van der Waals surface area contributed by atoms with E-state index in [9.17, 15) is 8.42 Å². The lowest BCUT2D eigenvalue weighted by molar-refractivity contribution is 0.146. The zero-order valence-corrected chi connectivity index (χ0v) is 15.4. The molecule has 130 valence electrons. The van der Waals surface area contributed by atoms with Crippen molar-refractivity contribution in [3.63, 3.8) is 0 Å². The topological polar surface area (TPSA) is 64.6 Å². The van der Waals surface area contributed by atoms with Gasteiger partial charge in [-0.05, 0) is 55.3 Å². The number of benzene rings is 2. The van der Waals surface area contributed by atoms with Gasteiger partial charge in [-0.1, -0.05) is 17.7 Å². The molecule has 0 spiro atoms.